The van der Waals surface area contributed by atoms with E-state index in [4.69, 9.17) is 4.74 Å². The number of carbonyl (C=O) groups is 2. The lowest BCUT2D eigenvalue weighted by Crippen LogP contribution is -2.30. The second-order valence-corrected chi connectivity index (χ2v) is 8.17. The van der Waals surface area contributed by atoms with Crippen molar-refractivity contribution in [3.63, 3.8) is 0 Å². The van der Waals surface area contributed by atoms with Gasteiger partial charge in [-0.2, -0.15) is 5.10 Å². The van der Waals surface area contributed by atoms with Crippen molar-refractivity contribution in [2.45, 2.75) is 58.2 Å². The van der Waals surface area contributed by atoms with Crippen LogP contribution in [0.2, 0.25) is 0 Å². The molecule has 2 heterocycles. The van der Waals surface area contributed by atoms with Crippen molar-refractivity contribution in [3.05, 3.63) is 47.8 Å². The van der Waals surface area contributed by atoms with Gasteiger partial charge in [0.2, 0.25) is 0 Å². The third-order valence-electron chi connectivity index (χ3n) is 6.04. The Labute approximate surface area is 187 Å². The number of benzene rings is 1. The number of Topliss-reactive ketones (excluding diaryl/α,β-unsaturated/α-hetero) is 1. The largest absolute Gasteiger partial charge is 0.497 e. The Balaban J connectivity index is 1.64. The van der Waals surface area contributed by atoms with E-state index in [1.807, 2.05) is 42.8 Å². The van der Waals surface area contributed by atoms with E-state index >= 15 is 0 Å². The monoisotopic (exact) mass is 435 g/mol. The summed E-state index contributed by atoms with van der Waals surface area (Å²) in [6.07, 6.45) is 6.01. The highest BCUT2D eigenvalue weighted by Crippen LogP contribution is 2.30. The zero-order chi connectivity index (χ0) is 22.7. The topological polar surface area (TPSA) is 98.1 Å². The molecule has 2 N–H and O–H groups in total. The standard InChI is InChI=1S/C24H29N5O3/c1-4-29-23-20(14-26-29)22(28-17-8-10-18(30)11-9-17)21(13-25-23)24(31)27-15(2)16-6-5-7-19(12-16)32-3/h5-7,12-15,17H,4,8-11H2,1-3H3,(H,25,28)(H,27,31)/t15-/m1/s1. The van der Waals surface area contributed by atoms with Crippen LogP contribution in [0.15, 0.2) is 36.7 Å². The average molecular weight is 436 g/mol. The molecule has 1 fully saturated rings. The number of ether oxygens (including phenoxy) is 1. The van der Waals surface area contributed by atoms with E-state index in [9.17, 15) is 9.59 Å². The molecule has 1 aliphatic carbocycles. The van der Waals surface area contributed by atoms with Crippen molar-refractivity contribution in [3.8, 4) is 5.75 Å². The zero-order valence-electron chi connectivity index (χ0n) is 18.7. The lowest BCUT2D eigenvalue weighted by atomic mass is 9.94. The Morgan fingerprint density at radius 2 is 2.06 bits per heavy atom. The van der Waals surface area contributed by atoms with Crippen molar-refractivity contribution in [2.75, 3.05) is 12.4 Å². The van der Waals surface area contributed by atoms with Gasteiger partial charge in [0.05, 0.1) is 36.0 Å². The first kappa shape index (κ1) is 21.8. The number of methoxy groups -OCH3 is 1. The highest BCUT2D eigenvalue weighted by Gasteiger charge is 2.24. The summed E-state index contributed by atoms with van der Waals surface area (Å²) in [5.41, 5.74) is 2.88. The van der Waals surface area contributed by atoms with Crippen LogP contribution in [0.3, 0.4) is 0 Å². The first-order valence-electron chi connectivity index (χ1n) is 11.1. The van der Waals surface area contributed by atoms with E-state index in [1.54, 1.807) is 19.5 Å². The van der Waals surface area contributed by atoms with Crippen molar-refractivity contribution >= 4 is 28.4 Å². The van der Waals surface area contributed by atoms with Crippen LogP contribution in [0.1, 0.15) is 61.5 Å². The summed E-state index contributed by atoms with van der Waals surface area (Å²) in [7, 11) is 1.62. The van der Waals surface area contributed by atoms with Gasteiger partial charge in [-0.15, -0.1) is 0 Å². The molecule has 3 aromatic rings. The third-order valence-corrected chi connectivity index (χ3v) is 6.04. The molecule has 1 aliphatic rings. The second kappa shape index (κ2) is 9.38. The van der Waals surface area contributed by atoms with Crippen LogP contribution in [0.5, 0.6) is 5.75 Å². The fourth-order valence-electron chi connectivity index (χ4n) is 4.14. The maximum absolute atomic E-state index is 13.3. The smallest absolute Gasteiger partial charge is 0.255 e. The summed E-state index contributed by atoms with van der Waals surface area (Å²) in [6.45, 7) is 4.63. The second-order valence-electron chi connectivity index (χ2n) is 8.17. The number of carbonyl (C=O) groups excluding carboxylic acids is 2. The van der Waals surface area contributed by atoms with Crippen LogP contribution >= 0.6 is 0 Å². The summed E-state index contributed by atoms with van der Waals surface area (Å²) < 4.78 is 7.11. The van der Waals surface area contributed by atoms with E-state index in [-0.39, 0.29) is 18.0 Å². The number of aromatic nitrogens is 3. The van der Waals surface area contributed by atoms with Crippen molar-refractivity contribution < 1.29 is 14.3 Å². The van der Waals surface area contributed by atoms with E-state index in [0.717, 1.165) is 40.9 Å². The number of aryl methyl sites for hydroxylation is 1. The SMILES string of the molecule is CCn1ncc2c(NC3CCC(=O)CC3)c(C(=O)N[C@H](C)c3cccc(OC)c3)cnc21. The normalized spacial score (nSPS) is 15.5. The zero-order valence-corrected chi connectivity index (χ0v) is 18.7. The Morgan fingerprint density at radius 3 is 2.78 bits per heavy atom. The number of hydrogen-bond acceptors (Lipinski definition) is 6. The van der Waals surface area contributed by atoms with Gasteiger partial charge < -0.3 is 15.4 Å². The van der Waals surface area contributed by atoms with Gasteiger partial charge >= 0.3 is 0 Å². The molecule has 0 unspecified atom stereocenters. The minimum Gasteiger partial charge on any atom is -0.497 e. The molecule has 1 aromatic carbocycles. The predicted molar refractivity (Wildman–Crippen MR) is 123 cm³/mol. The number of nitrogens with one attached hydrogen (secondary N) is 2. The molecule has 0 saturated heterocycles. The minimum absolute atomic E-state index is 0.130. The minimum atomic E-state index is -0.216. The third kappa shape index (κ3) is 4.44. The quantitative estimate of drug-likeness (QED) is 0.585. The molecule has 1 atom stereocenters. The number of fused-ring (bicyclic) bond motifs is 1. The molecular formula is C24H29N5O3. The molecule has 2 aromatic heterocycles. The van der Waals surface area contributed by atoms with E-state index < -0.39 is 0 Å². The van der Waals surface area contributed by atoms with Crippen LogP contribution < -0.4 is 15.4 Å². The van der Waals surface area contributed by atoms with Gasteiger partial charge in [0.15, 0.2) is 5.65 Å². The van der Waals surface area contributed by atoms with Crippen LogP contribution in [0.4, 0.5) is 5.69 Å². The Bertz CT molecular complexity index is 1130. The predicted octanol–water partition coefficient (Wildman–Crippen LogP) is 3.87. The number of anilines is 1. The van der Waals surface area contributed by atoms with E-state index in [2.05, 4.69) is 20.7 Å². The van der Waals surface area contributed by atoms with Gasteiger partial charge in [0.1, 0.15) is 11.5 Å². The maximum Gasteiger partial charge on any atom is 0.255 e. The molecule has 0 spiro atoms. The molecule has 0 bridgehead atoms. The summed E-state index contributed by atoms with van der Waals surface area (Å²) in [4.78, 5) is 29.5. The molecule has 4 rings (SSSR count). The van der Waals surface area contributed by atoms with Crippen LogP contribution in [0.25, 0.3) is 11.0 Å². The lowest BCUT2D eigenvalue weighted by molar-refractivity contribution is -0.120. The van der Waals surface area contributed by atoms with Gasteiger partial charge in [-0.3, -0.25) is 9.59 Å². The molecule has 32 heavy (non-hydrogen) atoms. The fourth-order valence-corrected chi connectivity index (χ4v) is 4.14. The Hall–Kier alpha value is -3.42. The summed E-state index contributed by atoms with van der Waals surface area (Å²) in [5.74, 6) is 0.827. The highest BCUT2D eigenvalue weighted by molar-refractivity contribution is 6.06. The number of rotatable bonds is 7. The number of ketones is 1. The van der Waals surface area contributed by atoms with Gasteiger partial charge in [-0.1, -0.05) is 12.1 Å². The lowest BCUT2D eigenvalue weighted by Gasteiger charge is -2.25. The van der Waals surface area contributed by atoms with Crippen molar-refractivity contribution in [1.82, 2.24) is 20.1 Å². The number of hydrogen-bond donors (Lipinski definition) is 2. The van der Waals surface area contributed by atoms with Gasteiger partial charge in [-0.25, -0.2) is 9.67 Å². The summed E-state index contributed by atoms with van der Waals surface area (Å²) in [5, 5.41) is 11.8. The molecule has 168 valence electrons. The summed E-state index contributed by atoms with van der Waals surface area (Å²) >= 11 is 0. The van der Waals surface area contributed by atoms with E-state index in [0.29, 0.717) is 30.7 Å². The number of pyridine rings is 1. The highest BCUT2D eigenvalue weighted by atomic mass is 16.5. The molecular weight excluding hydrogens is 406 g/mol. The first-order valence-corrected chi connectivity index (χ1v) is 11.1. The van der Waals surface area contributed by atoms with Gasteiger partial charge in [0, 0.05) is 31.6 Å². The number of amides is 1. The van der Waals surface area contributed by atoms with Crippen LogP contribution in [0, 0.1) is 0 Å². The maximum atomic E-state index is 13.3. The Kier molecular flexibility index (Phi) is 6.39. The van der Waals surface area contributed by atoms with Crippen molar-refractivity contribution in [1.29, 1.82) is 0 Å². The molecule has 1 amide bonds. The molecule has 1 saturated carbocycles. The average Bonchev–Trinajstić information content (AvgIpc) is 3.24. The molecule has 8 heteroatoms. The summed E-state index contributed by atoms with van der Waals surface area (Å²) in [6, 6.07) is 7.56. The first-order chi connectivity index (χ1) is 15.5. The van der Waals surface area contributed by atoms with Crippen LogP contribution in [-0.4, -0.2) is 39.6 Å². The molecule has 8 nitrogen and oxygen atoms in total. The fraction of sp³-hybridized carbons (Fsp3) is 0.417. The number of nitrogens with zero attached hydrogens (tertiary/aromatic N) is 3. The van der Waals surface area contributed by atoms with E-state index in [1.165, 1.54) is 0 Å². The molecule has 0 radical (unpaired) electrons. The van der Waals surface area contributed by atoms with Crippen molar-refractivity contribution in [2.24, 2.45) is 0 Å². The van der Waals surface area contributed by atoms with Gasteiger partial charge in [0.25, 0.3) is 5.91 Å². The Morgan fingerprint density at radius 1 is 1.28 bits per heavy atom. The molecule has 0 aliphatic heterocycles. The van der Waals surface area contributed by atoms with Crippen LogP contribution in [-0.2, 0) is 11.3 Å². The van der Waals surface area contributed by atoms with Gasteiger partial charge in [-0.05, 0) is 44.4 Å².